The number of hydrogen-bond acceptors (Lipinski definition) is 2. The number of alkyl halides is 1. The van der Waals surface area contributed by atoms with Crippen LogP contribution in [0.5, 0.6) is 0 Å². The van der Waals surface area contributed by atoms with E-state index < -0.39 is 11.3 Å². The van der Waals surface area contributed by atoms with Gasteiger partial charge in [0.2, 0.25) is 0 Å². The van der Waals surface area contributed by atoms with Crippen LogP contribution >= 0.6 is 23.2 Å². The van der Waals surface area contributed by atoms with Crippen molar-refractivity contribution in [2.24, 2.45) is 5.92 Å². The molecule has 20 heavy (non-hydrogen) atoms. The average molecular weight is 304 g/mol. The fraction of sp³-hybridized carbons (Fsp3) is 0.125. The van der Waals surface area contributed by atoms with Gasteiger partial charge >= 0.3 is 0 Å². The monoisotopic (exact) mass is 303 g/mol. The molecule has 0 aliphatic rings. The molecule has 0 heterocycles. The lowest BCUT2D eigenvalue weighted by Crippen LogP contribution is -2.18. The largest absolute Gasteiger partial charge is 0.293 e. The van der Waals surface area contributed by atoms with Gasteiger partial charge in [-0.05, 0) is 17.7 Å². The van der Waals surface area contributed by atoms with Crippen LogP contribution in [0.15, 0.2) is 54.6 Å². The highest BCUT2D eigenvalue weighted by molar-refractivity contribution is 6.30. The molecule has 0 aromatic heterocycles. The van der Waals surface area contributed by atoms with Crippen LogP contribution in [0.3, 0.4) is 0 Å². The summed E-state index contributed by atoms with van der Waals surface area (Å²) in [6.07, 6.45) is 0. The van der Waals surface area contributed by atoms with E-state index in [0.29, 0.717) is 16.1 Å². The molecular weight excluding hydrogens is 293 g/mol. The Morgan fingerprint density at radius 2 is 1.65 bits per heavy atom. The van der Waals surface area contributed by atoms with Crippen LogP contribution in [0.1, 0.15) is 21.3 Å². The maximum atomic E-state index is 12.3. The molecule has 100 valence electrons. The van der Waals surface area contributed by atoms with Crippen LogP contribution in [0.4, 0.5) is 0 Å². The zero-order chi connectivity index (χ0) is 14.5. The fourth-order valence-corrected chi connectivity index (χ4v) is 2.32. The van der Waals surface area contributed by atoms with Gasteiger partial charge in [0.05, 0.1) is 11.4 Å². The van der Waals surface area contributed by atoms with E-state index in [0.717, 1.165) is 0 Å². The molecule has 2 aromatic rings. The third-order valence-electron chi connectivity index (χ3n) is 2.96. The molecule has 0 saturated heterocycles. The number of halogens is 2. The van der Waals surface area contributed by atoms with Crippen molar-refractivity contribution in [2.45, 2.75) is 5.38 Å². The molecule has 4 heteroatoms. The Kier molecular flexibility index (Phi) is 4.79. The lowest BCUT2D eigenvalue weighted by atomic mass is 9.92. The van der Waals surface area contributed by atoms with Crippen LogP contribution in [0, 0.1) is 17.2 Å². The van der Waals surface area contributed by atoms with Crippen LogP contribution in [-0.2, 0) is 0 Å². The molecule has 2 rings (SSSR count). The second kappa shape index (κ2) is 6.56. The Morgan fingerprint density at radius 3 is 2.20 bits per heavy atom. The number of Topliss-reactive ketones (excluding diaryl/α,β-unsaturated/α-hetero) is 1. The van der Waals surface area contributed by atoms with Gasteiger partial charge in [0.1, 0.15) is 5.92 Å². The SMILES string of the molecule is N#CC(C(=O)c1ccccc1)C(Cl)c1ccc(Cl)cc1. The van der Waals surface area contributed by atoms with Gasteiger partial charge in [0.15, 0.2) is 5.78 Å². The number of nitrogens with zero attached hydrogens (tertiary/aromatic N) is 1. The molecule has 2 atom stereocenters. The third kappa shape index (κ3) is 3.19. The Balaban J connectivity index is 2.26. The second-order valence-electron chi connectivity index (χ2n) is 4.29. The van der Waals surface area contributed by atoms with Gasteiger partial charge in [-0.25, -0.2) is 0 Å². The quantitative estimate of drug-likeness (QED) is 0.609. The van der Waals surface area contributed by atoms with Crippen molar-refractivity contribution in [2.75, 3.05) is 0 Å². The highest BCUT2D eigenvalue weighted by Gasteiger charge is 2.28. The predicted octanol–water partition coefficient (Wildman–Crippen LogP) is 4.64. The second-order valence-corrected chi connectivity index (χ2v) is 5.20. The molecular formula is C16H11Cl2NO. The summed E-state index contributed by atoms with van der Waals surface area (Å²) >= 11 is 12.1. The summed E-state index contributed by atoms with van der Waals surface area (Å²) in [4.78, 5) is 12.3. The van der Waals surface area contributed by atoms with Crippen molar-refractivity contribution in [3.05, 3.63) is 70.7 Å². The zero-order valence-electron chi connectivity index (χ0n) is 10.5. The molecule has 0 fully saturated rings. The number of carbonyl (C=O) groups excluding carboxylic acids is 1. The van der Waals surface area contributed by atoms with Crippen molar-refractivity contribution in [1.82, 2.24) is 0 Å². The Labute approximate surface area is 127 Å². The zero-order valence-corrected chi connectivity index (χ0v) is 12.0. The van der Waals surface area contributed by atoms with E-state index in [1.165, 1.54) is 0 Å². The molecule has 0 saturated carbocycles. The summed E-state index contributed by atoms with van der Waals surface area (Å²) in [5.41, 5.74) is 1.19. The summed E-state index contributed by atoms with van der Waals surface area (Å²) in [7, 11) is 0. The van der Waals surface area contributed by atoms with Crippen molar-refractivity contribution in [3.8, 4) is 6.07 Å². The van der Waals surface area contributed by atoms with E-state index >= 15 is 0 Å². The van der Waals surface area contributed by atoms with Crippen molar-refractivity contribution in [1.29, 1.82) is 5.26 Å². The summed E-state index contributed by atoms with van der Waals surface area (Å²) in [5, 5.41) is 9.14. The molecule has 0 amide bonds. The lowest BCUT2D eigenvalue weighted by Gasteiger charge is -2.15. The van der Waals surface area contributed by atoms with Crippen molar-refractivity contribution in [3.63, 3.8) is 0 Å². The van der Waals surface area contributed by atoms with Crippen LogP contribution in [0.2, 0.25) is 5.02 Å². The predicted molar refractivity (Wildman–Crippen MR) is 79.9 cm³/mol. The maximum Gasteiger partial charge on any atom is 0.181 e. The first-order chi connectivity index (χ1) is 9.63. The first kappa shape index (κ1) is 14.6. The van der Waals surface area contributed by atoms with Gasteiger partial charge in [-0.15, -0.1) is 11.6 Å². The summed E-state index contributed by atoms with van der Waals surface area (Å²) in [6, 6.07) is 17.5. The van der Waals surface area contributed by atoms with E-state index in [4.69, 9.17) is 23.2 Å². The number of hydrogen-bond donors (Lipinski definition) is 0. The minimum atomic E-state index is -0.930. The van der Waals surface area contributed by atoms with E-state index in [1.807, 2.05) is 12.1 Å². The van der Waals surface area contributed by atoms with Gasteiger partial charge in [-0.3, -0.25) is 4.79 Å². The topological polar surface area (TPSA) is 40.9 Å². The fourth-order valence-electron chi connectivity index (χ4n) is 1.88. The van der Waals surface area contributed by atoms with Gasteiger partial charge < -0.3 is 0 Å². The number of rotatable bonds is 4. The molecule has 0 radical (unpaired) electrons. The van der Waals surface area contributed by atoms with Crippen LogP contribution in [-0.4, -0.2) is 5.78 Å². The average Bonchev–Trinajstić information content (AvgIpc) is 2.49. The summed E-state index contributed by atoms with van der Waals surface area (Å²) < 4.78 is 0. The van der Waals surface area contributed by atoms with E-state index in [9.17, 15) is 10.1 Å². The smallest absolute Gasteiger partial charge is 0.181 e. The highest BCUT2D eigenvalue weighted by Crippen LogP contribution is 2.31. The molecule has 0 N–H and O–H groups in total. The van der Waals surface area contributed by atoms with Crippen molar-refractivity contribution >= 4 is 29.0 Å². The number of benzene rings is 2. The minimum absolute atomic E-state index is 0.275. The first-order valence-corrected chi connectivity index (χ1v) is 6.83. The van der Waals surface area contributed by atoms with E-state index in [-0.39, 0.29) is 5.78 Å². The van der Waals surface area contributed by atoms with Gasteiger partial charge in [0.25, 0.3) is 0 Å². The molecule has 2 aromatic carbocycles. The maximum absolute atomic E-state index is 12.3. The summed E-state index contributed by atoms with van der Waals surface area (Å²) in [6.45, 7) is 0. The van der Waals surface area contributed by atoms with Gasteiger partial charge in [0, 0.05) is 10.6 Å². The Bertz CT molecular complexity index is 632. The summed E-state index contributed by atoms with van der Waals surface area (Å²) in [5.74, 6) is -1.21. The molecule has 0 bridgehead atoms. The number of nitriles is 1. The minimum Gasteiger partial charge on any atom is -0.293 e. The first-order valence-electron chi connectivity index (χ1n) is 6.02. The standard InChI is InChI=1S/C16H11Cl2NO/c17-13-8-6-11(7-9-13)15(18)14(10-19)16(20)12-4-2-1-3-5-12/h1-9,14-15H. The third-order valence-corrected chi connectivity index (χ3v) is 3.72. The van der Waals surface area contributed by atoms with Gasteiger partial charge in [-0.1, -0.05) is 54.1 Å². The Morgan fingerprint density at radius 1 is 1.05 bits per heavy atom. The highest BCUT2D eigenvalue weighted by atomic mass is 35.5. The Hall–Kier alpha value is -1.82. The van der Waals surface area contributed by atoms with E-state index in [2.05, 4.69) is 0 Å². The molecule has 0 aliphatic heterocycles. The van der Waals surface area contributed by atoms with Crippen molar-refractivity contribution < 1.29 is 4.79 Å². The normalized spacial score (nSPS) is 13.2. The van der Waals surface area contributed by atoms with Crippen LogP contribution < -0.4 is 0 Å². The van der Waals surface area contributed by atoms with Crippen LogP contribution in [0.25, 0.3) is 0 Å². The molecule has 2 unspecified atom stereocenters. The lowest BCUT2D eigenvalue weighted by molar-refractivity contribution is 0.0946. The van der Waals surface area contributed by atoms with Gasteiger partial charge in [-0.2, -0.15) is 5.26 Å². The number of carbonyl (C=O) groups is 1. The molecule has 0 spiro atoms. The molecule has 2 nitrogen and oxygen atoms in total. The van der Waals surface area contributed by atoms with E-state index in [1.54, 1.807) is 48.5 Å². The molecule has 0 aliphatic carbocycles. The number of ketones is 1.